The lowest BCUT2D eigenvalue weighted by Gasteiger charge is -2.30. The van der Waals surface area contributed by atoms with E-state index in [1.807, 2.05) is 25.7 Å². The molecule has 22 heavy (non-hydrogen) atoms. The molecule has 0 saturated carbocycles. The first-order valence-corrected chi connectivity index (χ1v) is 7.69. The number of hydrogen-bond donors (Lipinski definition) is 1. The summed E-state index contributed by atoms with van der Waals surface area (Å²) in [5.41, 5.74) is 0.536. The summed E-state index contributed by atoms with van der Waals surface area (Å²) in [5.74, 6) is 2.45. The Morgan fingerprint density at radius 1 is 1.50 bits per heavy atom. The van der Waals surface area contributed by atoms with Crippen molar-refractivity contribution in [1.29, 1.82) is 0 Å². The zero-order valence-corrected chi connectivity index (χ0v) is 13.2. The van der Waals surface area contributed by atoms with Crippen molar-refractivity contribution in [3.63, 3.8) is 0 Å². The number of aromatic nitrogens is 4. The zero-order chi connectivity index (χ0) is 15.7. The first kappa shape index (κ1) is 14.7. The van der Waals surface area contributed by atoms with Crippen LogP contribution >= 0.6 is 0 Å². The minimum absolute atomic E-state index is 0.0159. The van der Waals surface area contributed by atoms with Crippen molar-refractivity contribution in [2.24, 2.45) is 0 Å². The van der Waals surface area contributed by atoms with E-state index in [0.717, 1.165) is 25.2 Å². The van der Waals surface area contributed by atoms with Crippen molar-refractivity contribution in [2.45, 2.75) is 45.4 Å². The van der Waals surface area contributed by atoms with Gasteiger partial charge in [0.2, 0.25) is 5.89 Å². The molecule has 0 aromatic carbocycles. The Morgan fingerprint density at radius 3 is 2.95 bits per heavy atom. The number of aromatic amines is 1. The number of nitrogens with zero attached hydrogens (tertiary/aromatic N) is 4. The summed E-state index contributed by atoms with van der Waals surface area (Å²) in [6.07, 6.45) is 3.50. The highest BCUT2D eigenvalue weighted by atomic mass is 16.5. The molecule has 3 rings (SSSR count). The number of amides is 1. The van der Waals surface area contributed by atoms with E-state index < -0.39 is 0 Å². The summed E-state index contributed by atoms with van der Waals surface area (Å²) >= 11 is 0. The molecule has 2 aromatic rings. The van der Waals surface area contributed by atoms with E-state index in [1.54, 1.807) is 6.20 Å². The Labute approximate surface area is 129 Å². The van der Waals surface area contributed by atoms with Gasteiger partial charge >= 0.3 is 0 Å². The predicted octanol–water partition coefficient (Wildman–Crippen LogP) is 2.24. The number of piperidine rings is 1. The molecule has 1 aliphatic rings. The lowest BCUT2D eigenvalue weighted by molar-refractivity contribution is 0.0698. The fraction of sp³-hybridized carbons (Fsp3) is 0.600. The minimum Gasteiger partial charge on any atom is -0.339 e. The van der Waals surface area contributed by atoms with Crippen molar-refractivity contribution < 1.29 is 9.32 Å². The van der Waals surface area contributed by atoms with Crippen LogP contribution in [0.2, 0.25) is 0 Å². The van der Waals surface area contributed by atoms with Crippen LogP contribution in [-0.2, 0) is 0 Å². The van der Waals surface area contributed by atoms with Crippen LogP contribution in [0.25, 0.3) is 0 Å². The van der Waals surface area contributed by atoms with Crippen LogP contribution in [0.15, 0.2) is 10.7 Å². The Morgan fingerprint density at radius 2 is 2.32 bits per heavy atom. The van der Waals surface area contributed by atoms with Gasteiger partial charge in [-0.05, 0) is 19.8 Å². The topological polar surface area (TPSA) is 87.9 Å². The first-order chi connectivity index (χ1) is 10.5. The number of imidazole rings is 1. The molecule has 1 unspecified atom stereocenters. The van der Waals surface area contributed by atoms with Gasteiger partial charge in [0, 0.05) is 24.9 Å². The zero-order valence-electron chi connectivity index (χ0n) is 13.2. The van der Waals surface area contributed by atoms with Gasteiger partial charge in [0.25, 0.3) is 5.91 Å². The Balaban J connectivity index is 1.72. The summed E-state index contributed by atoms with van der Waals surface area (Å²) < 4.78 is 5.28. The summed E-state index contributed by atoms with van der Waals surface area (Å²) in [6.45, 7) is 7.25. The van der Waals surface area contributed by atoms with Crippen LogP contribution in [-0.4, -0.2) is 44.0 Å². The fourth-order valence-corrected chi connectivity index (χ4v) is 2.72. The Hall–Kier alpha value is -2.18. The molecule has 118 valence electrons. The SMILES string of the molecule is Cc1ncc(C(=O)N2CCCC(c3noc(C(C)C)n3)C2)[nH]1. The second-order valence-corrected chi connectivity index (χ2v) is 6.12. The van der Waals surface area contributed by atoms with E-state index in [4.69, 9.17) is 4.52 Å². The standard InChI is InChI=1S/C15H21N5O2/c1-9(2)14-18-13(19-22-14)11-5-4-6-20(8-11)15(21)12-7-16-10(3)17-12/h7,9,11H,4-6,8H2,1-3H3,(H,16,17). The molecule has 1 fully saturated rings. The van der Waals surface area contributed by atoms with Crippen LogP contribution in [0.1, 0.15) is 66.6 Å². The van der Waals surface area contributed by atoms with Gasteiger partial charge in [-0.15, -0.1) is 0 Å². The highest BCUT2D eigenvalue weighted by Gasteiger charge is 2.29. The number of aryl methyl sites for hydroxylation is 1. The van der Waals surface area contributed by atoms with Gasteiger partial charge in [-0.3, -0.25) is 4.79 Å². The second kappa shape index (κ2) is 5.90. The number of hydrogen-bond acceptors (Lipinski definition) is 5. The molecule has 0 radical (unpaired) electrons. The number of H-pyrrole nitrogens is 1. The molecule has 1 aliphatic heterocycles. The molecule has 1 atom stereocenters. The summed E-state index contributed by atoms with van der Waals surface area (Å²) in [4.78, 5) is 25.9. The third-order valence-corrected chi connectivity index (χ3v) is 3.96. The lowest BCUT2D eigenvalue weighted by atomic mass is 9.97. The third kappa shape index (κ3) is 2.88. The summed E-state index contributed by atoms with van der Waals surface area (Å²) in [5, 5.41) is 4.09. The van der Waals surface area contributed by atoms with Gasteiger partial charge in [-0.25, -0.2) is 4.98 Å². The van der Waals surface area contributed by atoms with Gasteiger partial charge in [-0.2, -0.15) is 4.98 Å². The molecule has 3 heterocycles. The van der Waals surface area contributed by atoms with E-state index in [1.165, 1.54) is 0 Å². The number of carbonyl (C=O) groups is 1. The maximum atomic E-state index is 12.5. The minimum atomic E-state index is -0.0159. The highest BCUT2D eigenvalue weighted by Crippen LogP contribution is 2.26. The van der Waals surface area contributed by atoms with Crippen molar-refractivity contribution in [3.8, 4) is 0 Å². The van der Waals surface area contributed by atoms with Crippen LogP contribution in [0.5, 0.6) is 0 Å². The molecule has 1 saturated heterocycles. The molecule has 1 amide bonds. The molecule has 7 heteroatoms. The van der Waals surface area contributed by atoms with Gasteiger partial charge in [0.05, 0.1) is 6.20 Å². The van der Waals surface area contributed by atoms with Crippen molar-refractivity contribution in [2.75, 3.05) is 13.1 Å². The second-order valence-electron chi connectivity index (χ2n) is 6.12. The predicted molar refractivity (Wildman–Crippen MR) is 79.6 cm³/mol. The maximum absolute atomic E-state index is 12.5. The van der Waals surface area contributed by atoms with E-state index in [9.17, 15) is 4.79 Å². The average molecular weight is 303 g/mol. The molecule has 7 nitrogen and oxygen atoms in total. The van der Waals surface area contributed by atoms with E-state index in [0.29, 0.717) is 24.0 Å². The van der Waals surface area contributed by atoms with E-state index in [-0.39, 0.29) is 17.7 Å². The van der Waals surface area contributed by atoms with Gasteiger partial charge in [0.15, 0.2) is 5.82 Å². The molecule has 0 bridgehead atoms. The summed E-state index contributed by atoms with van der Waals surface area (Å²) in [7, 11) is 0. The normalized spacial score (nSPS) is 18.9. The van der Waals surface area contributed by atoms with Crippen LogP contribution in [0.4, 0.5) is 0 Å². The molecule has 0 aliphatic carbocycles. The molecule has 2 aromatic heterocycles. The first-order valence-electron chi connectivity index (χ1n) is 7.69. The van der Waals surface area contributed by atoms with Gasteiger partial charge in [-0.1, -0.05) is 19.0 Å². The number of rotatable bonds is 3. The highest BCUT2D eigenvalue weighted by molar-refractivity contribution is 5.92. The van der Waals surface area contributed by atoms with Crippen LogP contribution in [0, 0.1) is 6.92 Å². The lowest BCUT2D eigenvalue weighted by Crippen LogP contribution is -2.39. The number of carbonyl (C=O) groups excluding carboxylic acids is 1. The Bertz CT molecular complexity index is 660. The van der Waals surface area contributed by atoms with Crippen molar-refractivity contribution >= 4 is 5.91 Å². The van der Waals surface area contributed by atoms with Crippen LogP contribution < -0.4 is 0 Å². The maximum Gasteiger partial charge on any atom is 0.271 e. The van der Waals surface area contributed by atoms with Gasteiger partial charge < -0.3 is 14.4 Å². The summed E-state index contributed by atoms with van der Waals surface area (Å²) in [6, 6.07) is 0. The van der Waals surface area contributed by atoms with E-state index >= 15 is 0 Å². The quantitative estimate of drug-likeness (QED) is 0.939. The molecular weight excluding hydrogens is 282 g/mol. The molecular formula is C15H21N5O2. The van der Waals surface area contributed by atoms with Crippen molar-refractivity contribution in [1.82, 2.24) is 25.0 Å². The smallest absolute Gasteiger partial charge is 0.271 e. The molecule has 0 spiro atoms. The van der Waals surface area contributed by atoms with Crippen molar-refractivity contribution in [3.05, 3.63) is 29.4 Å². The van der Waals surface area contributed by atoms with Gasteiger partial charge in [0.1, 0.15) is 11.5 Å². The average Bonchev–Trinajstić information content (AvgIpc) is 3.15. The monoisotopic (exact) mass is 303 g/mol. The Kier molecular flexibility index (Phi) is 3.96. The van der Waals surface area contributed by atoms with E-state index in [2.05, 4.69) is 20.1 Å². The fourth-order valence-electron chi connectivity index (χ4n) is 2.72. The number of likely N-dealkylation sites (tertiary alicyclic amines) is 1. The third-order valence-electron chi connectivity index (χ3n) is 3.96. The molecule has 1 N–H and O–H groups in total. The number of nitrogens with one attached hydrogen (secondary N) is 1. The largest absolute Gasteiger partial charge is 0.339 e. The van der Waals surface area contributed by atoms with Crippen LogP contribution in [0.3, 0.4) is 0 Å².